The van der Waals surface area contributed by atoms with Crippen molar-refractivity contribution >= 4 is 17.7 Å². The van der Waals surface area contributed by atoms with E-state index in [2.05, 4.69) is 4.98 Å². The smallest absolute Gasteiger partial charge is 0.330 e. The van der Waals surface area contributed by atoms with Gasteiger partial charge >= 0.3 is 5.97 Å². The second kappa shape index (κ2) is 9.26. The van der Waals surface area contributed by atoms with Gasteiger partial charge in [-0.05, 0) is 30.2 Å². The van der Waals surface area contributed by atoms with Gasteiger partial charge in [0.05, 0.1) is 11.5 Å². The van der Waals surface area contributed by atoms with E-state index in [0.29, 0.717) is 12.2 Å². The summed E-state index contributed by atoms with van der Waals surface area (Å²) in [6.07, 6.45) is 5.40. The van der Waals surface area contributed by atoms with Crippen LogP contribution in [0.4, 0.5) is 10.1 Å². The third-order valence-corrected chi connectivity index (χ3v) is 3.26. The Morgan fingerprint density at radius 2 is 2.15 bits per heavy atom. The lowest BCUT2D eigenvalue weighted by molar-refractivity contribution is -0.385. The van der Waals surface area contributed by atoms with Gasteiger partial charge in [0.15, 0.2) is 11.6 Å². The van der Waals surface area contributed by atoms with Crippen molar-refractivity contribution in [3.8, 4) is 11.6 Å². The molecule has 2 rings (SSSR count). The van der Waals surface area contributed by atoms with Gasteiger partial charge in [0.25, 0.3) is 5.69 Å². The summed E-state index contributed by atoms with van der Waals surface area (Å²) in [5, 5.41) is 10.6. The maximum Gasteiger partial charge on any atom is 0.330 e. The molecule has 7 nitrogen and oxygen atoms in total. The molecule has 0 atom stereocenters. The van der Waals surface area contributed by atoms with E-state index in [1.807, 2.05) is 6.92 Å². The average Bonchev–Trinajstić information content (AvgIpc) is 2.62. The van der Waals surface area contributed by atoms with Gasteiger partial charge in [0.2, 0.25) is 5.88 Å². The Hall–Kier alpha value is -3.29. The molecule has 136 valence electrons. The van der Waals surface area contributed by atoms with E-state index in [0.717, 1.165) is 19.0 Å². The predicted molar refractivity (Wildman–Crippen MR) is 92.3 cm³/mol. The highest BCUT2D eigenvalue weighted by Gasteiger charge is 2.09. The highest BCUT2D eigenvalue weighted by Crippen LogP contribution is 2.25. The number of carbonyl (C=O) groups is 1. The highest BCUT2D eigenvalue weighted by molar-refractivity contribution is 5.87. The number of unbranched alkanes of at least 4 members (excludes halogenated alkanes) is 1. The zero-order valence-electron chi connectivity index (χ0n) is 14.1. The fourth-order valence-electron chi connectivity index (χ4n) is 1.89. The minimum Gasteiger partial charge on any atom is -0.463 e. The molecule has 8 heteroatoms. The molecule has 26 heavy (non-hydrogen) atoms. The van der Waals surface area contributed by atoms with E-state index in [-0.39, 0.29) is 17.3 Å². The second-order valence-corrected chi connectivity index (χ2v) is 5.26. The third-order valence-electron chi connectivity index (χ3n) is 3.26. The van der Waals surface area contributed by atoms with E-state index in [9.17, 15) is 19.3 Å². The summed E-state index contributed by atoms with van der Waals surface area (Å²) in [5.74, 6) is -1.22. The molecule has 0 aliphatic heterocycles. The number of esters is 1. The number of carbonyl (C=O) groups excluding carboxylic acids is 1. The van der Waals surface area contributed by atoms with Crippen LogP contribution in [0.3, 0.4) is 0 Å². The summed E-state index contributed by atoms with van der Waals surface area (Å²) in [5.41, 5.74) is 0.267. The number of ether oxygens (including phenoxy) is 2. The van der Waals surface area contributed by atoms with Crippen LogP contribution >= 0.6 is 0 Å². The minimum atomic E-state index is -0.661. The SMILES string of the molecule is CCCCOC(=O)/C=C/c1ccc(Oc2ccc([N+](=O)[O-])cn2)c(F)c1. The summed E-state index contributed by atoms with van der Waals surface area (Å²) in [7, 11) is 0. The lowest BCUT2D eigenvalue weighted by Crippen LogP contribution is -2.01. The van der Waals surface area contributed by atoms with E-state index >= 15 is 0 Å². The first-order chi connectivity index (χ1) is 12.5. The first-order valence-corrected chi connectivity index (χ1v) is 7.92. The number of hydrogen-bond acceptors (Lipinski definition) is 6. The van der Waals surface area contributed by atoms with Crippen molar-refractivity contribution in [3.63, 3.8) is 0 Å². The van der Waals surface area contributed by atoms with Crippen LogP contribution in [-0.4, -0.2) is 22.5 Å². The zero-order chi connectivity index (χ0) is 18.9. The Labute approximate surface area is 149 Å². The van der Waals surface area contributed by atoms with Crippen molar-refractivity contribution in [2.24, 2.45) is 0 Å². The van der Waals surface area contributed by atoms with Crippen molar-refractivity contribution < 1.29 is 23.6 Å². The molecular weight excluding hydrogens is 343 g/mol. The Balaban J connectivity index is 2.00. The van der Waals surface area contributed by atoms with Gasteiger partial charge < -0.3 is 9.47 Å². The van der Waals surface area contributed by atoms with Crippen LogP contribution in [-0.2, 0) is 9.53 Å². The summed E-state index contributed by atoms with van der Waals surface area (Å²) in [6, 6.07) is 6.61. The van der Waals surface area contributed by atoms with Crippen molar-refractivity contribution in [3.05, 3.63) is 64.1 Å². The van der Waals surface area contributed by atoms with Gasteiger partial charge in [-0.2, -0.15) is 0 Å². The van der Waals surface area contributed by atoms with Crippen molar-refractivity contribution in [1.82, 2.24) is 4.98 Å². The lowest BCUT2D eigenvalue weighted by Gasteiger charge is -2.06. The number of benzene rings is 1. The summed E-state index contributed by atoms with van der Waals surface area (Å²) < 4.78 is 24.3. The molecule has 0 saturated carbocycles. The Bertz CT molecular complexity index is 806. The first-order valence-electron chi connectivity index (χ1n) is 7.92. The van der Waals surface area contributed by atoms with Crippen molar-refractivity contribution in [1.29, 1.82) is 0 Å². The van der Waals surface area contributed by atoms with Crippen molar-refractivity contribution in [2.45, 2.75) is 19.8 Å². The minimum absolute atomic E-state index is 0.0253. The van der Waals surface area contributed by atoms with Crippen LogP contribution in [0.1, 0.15) is 25.3 Å². The summed E-state index contributed by atoms with van der Waals surface area (Å²) in [4.78, 5) is 25.2. The highest BCUT2D eigenvalue weighted by atomic mass is 19.1. The maximum atomic E-state index is 14.1. The molecule has 0 saturated heterocycles. The van der Waals surface area contributed by atoms with E-state index in [1.54, 1.807) is 6.07 Å². The quantitative estimate of drug-likeness (QED) is 0.229. The fraction of sp³-hybridized carbons (Fsp3) is 0.222. The molecule has 2 aromatic rings. The molecule has 0 N–H and O–H groups in total. The molecule has 1 aromatic carbocycles. The molecule has 1 heterocycles. The molecule has 0 aliphatic rings. The third kappa shape index (κ3) is 5.66. The van der Waals surface area contributed by atoms with Gasteiger partial charge in [-0.1, -0.05) is 19.4 Å². The van der Waals surface area contributed by atoms with E-state index in [4.69, 9.17) is 9.47 Å². The summed E-state index contributed by atoms with van der Waals surface area (Å²) in [6.45, 7) is 2.34. The number of pyridine rings is 1. The molecule has 0 aliphatic carbocycles. The number of halogens is 1. The molecule has 0 fully saturated rings. The molecule has 0 radical (unpaired) electrons. The van der Waals surface area contributed by atoms with Crippen LogP contribution in [0, 0.1) is 15.9 Å². The van der Waals surface area contributed by atoms with Crippen LogP contribution < -0.4 is 4.74 Å². The van der Waals surface area contributed by atoms with Crippen molar-refractivity contribution in [2.75, 3.05) is 6.61 Å². The molecule has 0 amide bonds. The number of nitro groups is 1. The van der Waals surface area contributed by atoms with Gasteiger partial charge in [0, 0.05) is 18.2 Å². The van der Waals surface area contributed by atoms with Gasteiger partial charge in [-0.25, -0.2) is 14.2 Å². The molecular formula is C18H17FN2O5. The fourth-order valence-corrected chi connectivity index (χ4v) is 1.89. The van der Waals surface area contributed by atoms with Crippen LogP contribution in [0.2, 0.25) is 0 Å². The number of aromatic nitrogens is 1. The molecule has 0 bridgehead atoms. The molecule has 1 aromatic heterocycles. The maximum absolute atomic E-state index is 14.1. The average molecular weight is 360 g/mol. The predicted octanol–water partition coefficient (Wildman–Crippen LogP) is 4.28. The Morgan fingerprint density at radius 1 is 1.35 bits per heavy atom. The second-order valence-electron chi connectivity index (χ2n) is 5.26. The molecule has 0 unspecified atom stereocenters. The topological polar surface area (TPSA) is 91.6 Å². The zero-order valence-corrected chi connectivity index (χ0v) is 14.1. The Kier molecular flexibility index (Phi) is 6.78. The Morgan fingerprint density at radius 3 is 2.77 bits per heavy atom. The normalized spacial score (nSPS) is 10.7. The largest absolute Gasteiger partial charge is 0.463 e. The van der Waals surface area contributed by atoms with E-state index < -0.39 is 16.7 Å². The summed E-state index contributed by atoms with van der Waals surface area (Å²) >= 11 is 0. The van der Waals surface area contributed by atoms with Crippen LogP contribution in [0.15, 0.2) is 42.6 Å². The lowest BCUT2D eigenvalue weighted by atomic mass is 10.2. The monoisotopic (exact) mass is 360 g/mol. The molecule has 0 spiro atoms. The van der Waals surface area contributed by atoms with Crippen LogP contribution in [0.25, 0.3) is 6.08 Å². The van der Waals surface area contributed by atoms with E-state index in [1.165, 1.54) is 36.4 Å². The standard InChI is InChI=1S/C18H17FN2O5/c1-2-3-10-25-18(22)9-5-13-4-7-16(15(19)11-13)26-17-8-6-14(12-20-17)21(23)24/h4-9,11-12H,2-3,10H2,1H3/b9-5+. The number of nitrogens with zero attached hydrogens (tertiary/aromatic N) is 2. The number of rotatable bonds is 8. The van der Waals surface area contributed by atoms with Gasteiger partial charge in [-0.3, -0.25) is 10.1 Å². The number of hydrogen-bond donors (Lipinski definition) is 0. The first kappa shape index (κ1) is 19.0. The van der Waals surface area contributed by atoms with Gasteiger partial charge in [-0.15, -0.1) is 0 Å². The van der Waals surface area contributed by atoms with Crippen LogP contribution in [0.5, 0.6) is 11.6 Å². The van der Waals surface area contributed by atoms with Gasteiger partial charge in [0.1, 0.15) is 6.20 Å².